The summed E-state index contributed by atoms with van der Waals surface area (Å²) >= 11 is 0. The maximum atomic E-state index is 3.76. The van der Waals surface area contributed by atoms with Crippen molar-refractivity contribution in [3.05, 3.63) is 35.5 Å². The van der Waals surface area contributed by atoms with Gasteiger partial charge in [0.25, 0.3) is 0 Å². The number of hydrogen-bond acceptors (Lipinski definition) is 2. The number of hydrogen-bond donors (Lipinski definition) is 2. The standard InChI is InChI=1S/C19H27N3/c1-14-5-6-18-16(11-14)17(13-21-18)15-7-8-20-19(12-15)22-9-3-2-4-10-22/h5-6,11,13,15,19-21H,2-4,7-10,12H2,1H3. The first kappa shape index (κ1) is 14.3. The summed E-state index contributed by atoms with van der Waals surface area (Å²) in [6, 6.07) is 6.76. The van der Waals surface area contributed by atoms with Crippen LogP contribution >= 0.6 is 0 Å². The fourth-order valence-electron chi connectivity index (χ4n) is 4.28. The lowest BCUT2D eigenvalue weighted by molar-refractivity contribution is 0.107. The predicted octanol–water partition coefficient (Wildman–Crippen LogP) is 3.76. The van der Waals surface area contributed by atoms with Gasteiger partial charge in [-0.25, -0.2) is 0 Å². The number of rotatable bonds is 2. The number of benzene rings is 1. The van der Waals surface area contributed by atoms with Crippen LogP contribution in [0.15, 0.2) is 24.4 Å². The zero-order valence-corrected chi connectivity index (χ0v) is 13.6. The minimum atomic E-state index is 0.578. The zero-order valence-electron chi connectivity index (χ0n) is 13.6. The molecular weight excluding hydrogens is 270 g/mol. The lowest BCUT2D eigenvalue weighted by atomic mass is 9.87. The first-order valence-electron chi connectivity index (χ1n) is 8.86. The highest BCUT2D eigenvalue weighted by Crippen LogP contribution is 2.34. The number of fused-ring (bicyclic) bond motifs is 1. The van der Waals surface area contributed by atoms with Crippen LogP contribution in [0.5, 0.6) is 0 Å². The average molecular weight is 297 g/mol. The maximum absolute atomic E-state index is 3.76. The van der Waals surface area contributed by atoms with Crippen LogP contribution < -0.4 is 5.32 Å². The van der Waals surface area contributed by atoms with E-state index in [0.29, 0.717) is 12.1 Å². The highest BCUT2D eigenvalue weighted by atomic mass is 15.3. The third-order valence-corrected chi connectivity index (χ3v) is 5.52. The average Bonchev–Trinajstić information content (AvgIpc) is 2.99. The summed E-state index contributed by atoms with van der Waals surface area (Å²) in [6.07, 6.45) is 9.49. The van der Waals surface area contributed by atoms with Crippen molar-refractivity contribution in [1.29, 1.82) is 0 Å². The number of likely N-dealkylation sites (tertiary alicyclic amines) is 1. The van der Waals surface area contributed by atoms with E-state index < -0.39 is 0 Å². The second-order valence-corrected chi connectivity index (χ2v) is 7.08. The van der Waals surface area contributed by atoms with Gasteiger partial charge in [-0.15, -0.1) is 0 Å². The van der Waals surface area contributed by atoms with Crippen molar-refractivity contribution < 1.29 is 0 Å². The molecule has 3 nitrogen and oxygen atoms in total. The third-order valence-electron chi connectivity index (χ3n) is 5.52. The van der Waals surface area contributed by atoms with Crippen molar-refractivity contribution in [2.24, 2.45) is 0 Å². The van der Waals surface area contributed by atoms with Crippen molar-refractivity contribution in [1.82, 2.24) is 15.2 Å². The van der Waals surface area contributed by atoms with Gasteiger partial charge in [-0.1, -0.05) is 18.1 Å². The van der Waals surface area contributed by atoms with Crippen LogP contribution in [0.3, 0.4) is 0 Å². The molecule has 2 atom stereocenters. The normalized spacial score (nSPS) is 27.3. The van der Waals surface area contributed by atoms with E-state index >= 15 is 0 Å². The largest absolute Gasteiger partial charge is 0.361 e. The summed E-state index contributed by atoms with van der Waals surface area (Å²) in [5.41, 5.74) is 4.17. The Balaban J connectivity index is 1.57. The Labute approximate surface area is 133 Å². The smallest absolute Gasteiger partial charge is 0.0602 e. The van der Waals surface area contributed by atoms with E-state index in [1.165, 1.54) is 67.2 Å². The van der Waals surface area contributed by atoms with Gasteiger partial charge in [-0.3, -0.25) is 4.90 Å². The van der Waals surface area contributed by atoms with Gasteiger partial charge in [0.05, 0.1) is 6.17 Å². The van der Waals surface area contributed by atoms with Gasteiger partial charge in [0.1, 0.15) is 0 Å². The summed E-state index contributed by atoms with van der Waals surface area (Å²) in [5, 5.41) is 5.19. The molecule has 2 aliphatic rings. The van der Waals surface area contributed by atoms with Crippen molar-refractivity contribution >= 4 is 10.9 Å². The molecule has 22 heavy (non-hydrogen) atoms. The molecule has 2 saturated heterocycles. The van der Waals surface area contributed by atoms with E-state index in [4.69, 9.17) is 0 Å². The Kier molecular flexibility index (Phi) is 3.93. The quantitative estimate of drug-likeness (QED) is 0.884. The van der Waals surface area contributed by atoms with Crippen LogP contribution in [0.25, 0.3) is 10.9 Å². The summed E-state index contributed by atoms with van der Waals surface area (Å²) in [4.78, 5) is 6.15. The highest BCUT2D eigenvalue weighted by molar-refractivity contribution is 5.84. The Hall–Kier alpha value is -1.32. The molecule has 0 aliphatic carbocycles. The van der Waals surface area contributed by atoms with Gasteiger partial charge in [0.15, 0.2) is 0 Å². The van der Waals surface area contributed by atoms with Crippen LogP contribution in [0.4, 0.5) is 0 Å². The summed E-state index contributed by atoms with van der Waals surface area (Å²) in [5.74, 6) is 0.684. The molecule has 2 aromatic rings. The van der Waals surface area contributed by atoms with Crippen molar-refractivity contribution in [3.8, 4) is 0 Å². The van der Waals surface area contributed by atoms with Crippen molar-refractivity contribution in [3.63, 3.8) is 0 Å². The molecule has 0 spiro atoms. The lowest BCUT2D eigenvalue weighted by Gasteiger charge is -2.40. The number of nitrogens with zero attached hydrogens (tertiary/aromatic N) is 1. The van der Waals surface area contributed by atoms with Crippen LogP contribution in [0, 0.1) is 6.92 Å². The summed E-state index contributed by atoms with van der Waals surface area (Å²) in [6.45, 7) is 5.88. The molecule has 4 rings (SSSR count). The molecule has 3 heterocycles. The number of H-pyrrole nitrogens is 1. The minimum absolute atomic E-state index is 0.578. The Bertz CT molecular complexity index is 639. The van der Waals surface area contributed by atoms with Crippen LogP contribution in [-0.2, 0) is 0 Å². The number of piperidine rings is 2. The predicted molar refractivity (Wildman–Crippen MR) is 92.2 cm³/mol. The zero-order chi connectivity index (χ0) is 14.9. The monoisotopic (exact) mass is 297 g/mol. The van der Waals surface area contributed by atoms with Gasteiger partial charge >= 0.3 is 0 Å². The molecular formula is C19H27N3. The number of aromatic amines is 1. The summed E-state index contributed by atoms with van der Waals surface area (Å²) < 4.78 is 0. The van der Waals surface area contributed by atoms with Gasteiger partial charge in [-0.2, -0.15) is 0 Å². The second kappa shape index (κ2) is 6.05. The molecule has 0 bridgehead atoms. The van der Waals surface area contributed by atoms with E-state index in [0.717, 1.165) is 6.54 Å². The van der Waals surface area contributed by atoms with Gasteiger partial charge in [-0.05, 0) is 75.9 Å². The summed E-state index contributed by atoms with van der Waals surface area (Å²) in [7, 11) is 0. The first-order valence-corrected chi connectivity index (χ1v) is 8.86. The molecule has 3 heteroatoms. The Morgan fingerprint density at radius 1 is 1.14 bits per heavy atom. The van der Waals surface area contributed by atoms with Gasteiger partial charge < -0.3 is 10.3 Å². The van der Waals surface area contributed by atoms with Crippen LogP contribution in [-0.4, -0.2) is 35.7 Å². The fraction of sp³-hybridized carbons (Fsp3) is 0.579. The highest BCUT2D eigenvalue weighted by Gasteiger charge is 2.29. The topological polar surface area (TPSA) is 31.1 Å². The molecule has 2 fully saturated rings. The minimum Gasteiger partial charge on any atom is -0.361 e. The lowest BCUT2D eigenvalue weighted by Crippen LogP contribution is -2.51. The van der Waals surface area contributed by atoms with E-state index in [1.54, 1.807) is 0 Å². The van der Waals surface area contributed by atoms with E-state index in [2.05, 4.69) is 46.5 Å². The Morgan fingerprint density at radius 2 is 2.00 bits per heavy atom. The molecule has 0 amide bonds. The SMILES string of the molecule is Cc1ccc2[nH]cc(C3CCNC(N4CCCCC4)C3)c2c1. The molecule has 2 aliphatic heterocycles. The van der Waals surface area contributed by atoms with Gasteiger partial charge in [0.2, 0.25) is 0 Å². The van der Waals surface area contributed by atoms with Gasteiger partial charge in [0, 0.05) is 17.1 Å². The van der Waals surface area contributed by atoms with Crippen LogP contribution in [0.1, 0.15) is 49.1 Å². The fourth-order valence-corrected chi connectivity index (χ4v) is 4.28. The second-order valence-electron chi connectivity index (χ2n) is 7.08. The first-order chi connectivity index (χ1) is 10.8. The third kappa shape index (κ3) is 2.68. The molecule has 2 N–H and O–H groups in total. The Morgan fingerprint density at radius 3 is 2.86 bits per heavy atom. The van der Waals surface area contributed by atoms with Crippen molar-refractivity contribution in [2.45, 2.75) is 51.1 Å². The number of nitrogens with one attached hydrogen (secondary N) is 2. The van der Waals surface area contributed by atoms with Crippen LogP contribution in [0.2, 0.25) is 0 Å². The molecule has 118 valence electrons. The van der Waals surface area contributed by atoms with E-state index in [1.807, 2.05) is 0 Å². The van der Waals surface area contributed by atoms with E-state index in [-0.39, 0.29) is 0 Å². The maximum Gasteiger partial charge on any atom is 0.0602 e. The number of aryl methyl sites for hydroxylation is 1. The molecule has 0 saturated carbocycles. The van der Waals surface area contributed by atoms with Crippen molar-refractivity contribution in [2.75, 3.05) is 19.6 Å². The number of aromatic nitrogens is 1. The molecule has 2 unspecified atom stereocenters. The molecule has 1 aromatic heterocycles. The van der Waals surface area contributed by atoms with E-state index in [9.17, 15) is 0 Å². The molecule has 0 radical (unpaired) electrons. The molecule has 1 aromatic carbocycles.